The monoisotopic (exact) mass is 342 g/mol. The lowest BCUT2D eigenvalue weighted by atomic mass is 10.2. The second kappa shape index (κ2) is 4.84. The van der Waals surface area contributed by atoms with Gasteiger partial charge in [-0.15, -0.1) is 0 Å². The summed E-state index contributed by atoms with van der Waals surface area (Å²) in [6.45, 7) is 2.36. The van der Waals surface area contributed by atoms with E-state index in [0.717, 1.165) is 0 Å². The first kappa shape index (κ1) is 12.3. The van der Waals surface area contributed by atoms with E-state index in [2.05, 4.69) is 5.32 Å². The van der Waals surface area contributed by atoms with Crippen LogP contribution in [-0.2, 0) is 0 Å². The summed E-state index contributed by atoms with van der Waals surface area (Å²) < 4.78 is 0.235. The number of phenols is 1. The Labute approximate surface area is 105 Å². The Morgan fingerprint density at radius 3 is 2.80 bits per heavy atom. The highest BCUT2D eigenvalue weighted by molar-refractivity contribution is 14.1. The molecule has 0 aliphatic carbocycles. The lowest BCUT2D eigenvalue weighted by molar-refractivity contribution is -0.385. The van der Waals surface area contributed by atoms with Crippen LogP contribution in [0.15, 0.2) is 6.07 Å². The number of nitrogens with zero attached hydrogens (tertiary/aromatic N) is 1. The van der Waals surface area contributed by atoms with Crippen molar-refractivity contribution in [2.45, 2.75) is 6.92 Å². The van der Waals surface area contributed by atoms with Gasteiger partial charge in [0, 0.05) is 12.6 Å². The Morgan fingerprint density at radius 1 is 1.73 bits per heavy atom. The number of hydrogen-bond acceptors (Lipinski definition) is 4. The van der Waals surface area contributed by atoms with Crippen molar-refractivity contribution in [3.05, 3.63) is 24.8 Å². The van der Waals surface area contributed by atoms with Crippen LogP contribution >= 0.6 is 34.2 Å². The standard InChI is InChI=1S/C8H8ClIN2O3/c1-2-11-4-3-5(12(14)15)7(10)6(9)8(4)13/h3,11,13H,2H2,1H3. The van der Waals surface area contributed by atoms with Crippen LogP contribution in [-0.4, -0.2) is 16.6 Å². The van der Waals surface area contributed by atoms with Crippen molar-refractivity contribution in [1.82, 2.24) is 0 Å². The van der Waals surface area contributed by atoms with Gasteiger partial charge in [0.1, 0.15) is 8.59 Å². The number of nitrogens with one attached hydrogen (secondary N) is 1. The molecule has 0 aliphatic heterocycles. The van der Waals surface area contributed by atoms with Crippen LogP contribution in [0.5, 0.6) is 5.75 Å². The Bertz CT molecular complexity index is 411. The van der Waals surface area contributed by atoms with Crippen molar-refractivity contribution in [3.8, 4) is 5.75 Å². The average molecular weight is 343 g/mol. The highest BCUT2D eigenvalue weighted by atomic mass is 127. The highest BCUT2D eigenvalue weighted by Gasteiger charge is 2.21. The van der Waals surface area contributed by atoms with Gasteiger partial charge in [0.15, 0.2) is 5.75 Å². The molecule has 0 aromatic heterocycles. The lowest BCUT2D eigenvalue weighted by Crippen LogP contribution is -2.00. The van der Waals surface area contributed by atoms with E-state index >= 15 is 0 Å². The fourth-order valence-corrected chi connectivity index (χ4v) is 1.87. The Balaban J connectivity index is 3.38. The van der Waals surface area contributed by atoms with Gasteiger partial charge in [0.25, 0.3) is 5.69 Å². The molecule has 0 fully saturated rings. The zero-order valence-corrected chi connectivity index (χ0v) is 10.7. The number of rotatable bonds is 3. The molecule has 0 spiro atoms. The van der Waals surface area contributed by atoms with Crippen LogP contribution in [0.3, 0.4) is 0 Å². The van der Waals surface area contributed by atoms with Gasteiger partial charge < -0.3 is 10.4 Å². The van der Waals surface area contributed by atoms with E-state index in [0.29, 0.717) is 6.54 Å². The molecule has 0 saturated carbocycles. The number of phenolic OH excluding ortho intramolecular Hbond substituents is 1. The van der Waals surface area contributed by atoms with Crippen LogP contribution in [0.1, 0.15) is 6.92 Å². The number of hydrogen-bond donors (Lipinski definition) is 2. The van der Waals surface area contributed by atoms with Gasteiger partial charge in [-0.25, -0.2) is 0 Å². The molecule has 0 unspecified atom stereocenters. The highest BCUT2D eigenvalue weighted by Crippen LogP contribution is 2.40. The number of halogens is 2. The molecule has 1 aromatic rings. The van der Waals surface area contributed by atoms with Crippen LogP contribution < -0.4 is 5.32 Å². The third kappa shape index (κ3) is 2.43. The molecular formula is C8H8ClIN2O3. The first-order valence-corrected chi connectivity index (χ1v) is 5.54. The van der Waals surface area contributed by atoms with Crippen molar-refractivity contribution in [1.29, 1.82) is 0 Å². The molecule has 82 valence electrons. The molecule has 0 atom stereocenters. The van der Waals surface area contributed by atoms with Gasteiger partial charge in [0.05, 0.1) is 10.6 Å². The topological polar surface area (TPSA) is 75.4 Å². The number of nitro benzene ring substituents is 1. The Kier molecular flexibility index (Phi) is 3.97. The van der Waals surface area contributed by atoms with Gasteiger partial charge in [0.2, 0.25) is 0 Å². The molecule has 0 aliphatic rings. The molecule has 0 saturated heterocycles. The largest absolute Gasteiger partial charge is 0.504 e. The van der Waals surface area contributed by atoms with Gasteiger partial charge in [-0.3, -0.25) is 10.1 Å². The molecule has 1 aromatic carbocycles. The van der Waals surface area contributed by atoms with Crippen molar-refractivity contribution in [2.75, 3.05) is 11.9 Å². The first-order valence-electron chi connectivity index (χ1n) is 4.08. The van der Waals surface area contributed by atoms with E-state index in [1.54, 1.807) is 22.6 Å². The molecule has 2 N–H and O–H groups in total. The minimum atomic E-state index is -0.534. The summed E-state index contributed by atoms with van der Waals surface area (Å²) in [5, 5.41) is 23.1. The minimum Gasteiger partial charge on any atom is -0.504 e. The van der Waals surface area contributed by atoms with E-state index in [1.807, 2.05) is 6.92 Å². The van der Waals surface area contributed by atoms with Gasteiger partial charge >= 0.3 is 0 Å². The van der Waals surface area contributed by atoms with Crippen molar-refractivity contribution in [2.24, 2.45) is 0 Å². The second-order valence-corrected chi connectivity index (χ2v) is 4.16. The summed E-state index contributed by atoms with van der Waals surface area (Å²) in [6.07, 6.45) is 0. The predicted molar refractivity (Wildman–Crippen MR) is 66.7 cm³/mol. The molecule has 15 heavy (non-hydrogen) atoms. The van der Waals surface area contributed by atoms with Gasteiger partial charge in [-0.1, -0.05) is 11.6 Å². The maximum atomic E-state index is 10.7. The van der Waals surface area contributed by atoms with Crippen LogP contribution in [0.25, 0.3) is 0 Å². The number of nitro groups is 1. The normalized spacial score (nSPS) is 10.1. The Hall–Kier alpha value is -0.760. The van der Waals surface area contributed by atoms with Gasteiger partial charge in [-0.05, 0) is 29.5 Å². The summed E-state index contributed by atoms with van der Waals surface area (Å²) in [5.74, 6) is -0.159. The molecule has 0 radical (unpaired) electrons. The summed E-state index contributed by atoms with van der Waals surface area (Å²) in [4.78, 5) is 10.1. The average Bonchev–Trinajstić information content (AvgIpc) is 2.18. The molecule has 0 amide bonds. The molecular weight excluding hydrogens is 334 g/mol. The molecule has 5 nitrogen and oxygen atoms in total. The number of aromatic hydroxyl groups is 1. The summed E-state index contributed by atoms with van der Waals surface area (Å²) in [6, 6.07) is 1.27. The predicted octanol–water partition coefficient (Wildman–Crippen LogP) is 2.99. The Morgan fingerprint density at radius 2 is 2.33 bits per heavy atom. The maximum Gasteiger partial charge on any atom is 0.286 e. The first-order chi connectivity index (χ1) is 6.99. The molecule has 0 heterocycles. The van der Waals surface area contributed by atoms with E-state index in [4.69, 9.17) is 11.6 Å². The van der Waals surface area contributed by atoms with E-state index in [9.17, 15) is 15.2 Å². The SMILES string of the molecule is CCNc1cc([N+](=O)[O-])c(I)c(Cl)c1O. The fraction of sp³-hybridized carbons (Fsp3) is 0.250. The minimum absolute atomic E-state index is 0.000694. The molecule has 1 rings (SSSR count). The smallest absolute Gasteiger partial charge is 0.286 e. The zero-order valence-electron chi connectivity index (χ0n) is 7.75. The van der Waals surface area contributed by atoms with E-state index in [-0.39, 0.29) is 25.7 Å². The number of benzene rings is 1. The van der Waals surface area contributed by atoms with Gasteiger partial charge in [-0.2, -0.15) is 0 Å². The molecule has 0 bridgehead atoms. The number of anilines is 1. The van der Waals surface area contributed by atoms with Crippen molar-refractivity contribution in [3.63, 3.8) is 0 Å². The third-order valence-corrected chi connectivity index (χ3v) is 3.50. The van der Waals surface area contributed by atoms with Crippen LogP contribution in [0, 0.1) is 13.7 Å². The molecule has 7 heteroatoms. The van der Waals surface area contributed by atoms with Crippen LogP contribution in [0.4, 0.5) is 11.4 Å². The second-order valence-electron chi connectivity index (χ2n) is 2.71. The van der Waals surface area contributed by atoms with Crippen molar-refractivity contribution >= 4 is 45.6 Å². The maximum absolute atomic E-state index is 10.7. The van der Waals surface area contributed by atoms with E-state index < -0.39 is 4.92 Å². The zero-order chi connectivity index (χ0) is 11.6. The summed E-state index contributed by atoms with van der Waals surface area (Å²) >= 11 is 7.50. The lowest BCUT2D eigenvalue weighted by Gasteiger charge is -2.08. The quantitative estimate of drug-likeness (QED) is 0.383. The third-order valence-electron chi connectivity index (χ3n) is 1.73. The summed E-state index contributed by atoms with van der Waals surface area (Å²) in [5.41, 5.74) is 0.156. The van der Waals surface area contributed by atoms with E-state index in [1.165, 1.54) is 6.07 Å². The van der Waals surface area contributed by atoms with Crippen molar-refractivity contribution < 1.29 is 10.0 Å². The fourth-order valence-electron chi connectivity index (χ4n) is 1.06. The van der Waals surface area contributed by atoms with Crippen LogP contribution in [0.2, 0.25) is 5.02 Å². The summed E-state index contributed by atoms with van der Waals surface area (Å²) in [7, 11) is 0.